The molecule has 0 aromatic heterocycles. The van der Waals surface area contributed by atoms with Gasteiger partial charge < -0.3 is 0 Å². The Labute approximate surface area is 133 Å². The largest absolute Gasteiger partial charge is 0.126 e. The van der Waals surface area contributed by atoms with Crippen LogP contribution in [0.1, 0.15) is 52.0 Å². The quantitative estimate of drug-likeness (QED) is 0.571. The summed E-state index contributed by atoms with van der Waals surface area (Å²) in [5.74, 6) is 1.61. The summed E-state index contributed by atoms with van der Waals surface area (Å²) >= 11 is 12.3. The molecule has 0 aliphatic heterocycles. The molecular formula is C18H26Cl2. The van der Waals surface area contributed by atoms with Crippen LogP contribution in [-0.2, 0) is 6.42 Å². The molecule has 1 aromatic rings. The van der Waals surface area contributed by atoms with Crippen LogP contribution in [0.4, 0.5) is 0 Å². The van der Waals surface area contributed by atoms with E-state index in [-0.39, 0.29) is 5.41 Å². The van der Waals surface area contributed by atoms with Gasteiger partial charge in [-0.15, -0.1) is 11.6 Å². The summed E-state index contributed by atoms with van der Waals surface area (Å²) in [7, 11) is 0. The summed E-state index contributed by atoms with van der Waals surface area (Å²) in [5, 5.41) is 0.810. The number of hydrogen-bond acceptors (Lipinski definition) is 0. The highest BCUT2D eigenvalue weighted by Gasteiger charge is 2.38. The first-order chi connectivity index (χ1) is 9.35. The zero-order valence-electron chi connectivity index (χ0n) is 12.9. The van der Waals surface area contributed by atoms with Gasteiger partial charge in [0.1, 0.15) is 0 Å². The van der Waals surface area contributed by atoms with Gasteiger partial charge in [-0.25, -0.2) is 0 Å². The average Bonchev–Trinajstić information content (AvgIpc) is 2.41. The molecule has 0 atom stereocenters. The second kappa shape index (κ2) is 6.28. The van der Waals surface area contributed by atoms with Gasteiger partial charge in [-0.05, 0) is 66.5 Å². The van der Waals surface area contributed by atoms with Crippen molar-refractivity contribution in [3.05, 3.63) is 34.9 Å². The summed E-state index contributed by atoms with van der Waals surface area (Å²) < 4.78 is 0. The van der Waals surface area contributed by atoms with Crippen molar-refractivity contribution >= 4 is 23.2 Å². The van der Waals surface area contributed by atoms with E-state index in [4.69, 9.17) is 23.2 Å². The molecule has 0 saturated heterocycles. The van der Waals surface area contributed by atoms with Crippen LogP contribution in [-0.4, -0.2) is 5.88 Å². The van der Waals surface area contributed by atoms with Gasteiger partial charge in [-0.1, -0.05) is 44.5 Å². The third-order valence-electron chi connectivity index (χ3n) is 5.05. The second-order valence-corrected chi connectivity index (χ2v) is 8.28. The molecule has 0 bridgehead atoms. The van der Waals surface area contributed by atoms with E-state index in [1.54, 1.807) is 0 Å². The Bertz CT molecular complexity index is 420. The topological polar surface area (TPSA) is 0 Å². The molecule has 1 fully saturated rings. The monoisotopic (exact) mass is 312 g/mol. The molecule has 2 heteroatoms. The third kappa shape index (κ3) is 3.92. The van der Waals surface area contributed by atoms with E-state index in [0.29, 0.717) is 5.41 Å². The van der Waals surface area contributed by atoms with Crippen LogP contribution in [0.15, 0.2) is 24.3 Å². The van der Waals surface area contributed by atoms with Gasteiger partial charge in [0.15, 0.2) is 0 Å². The molecule has 0 radical (unpaired) electrons. The maximum absolute atomic E-state index is 6.35. The van der Waals surface area contributed by atoms with Crippen LogP contribution < -0.4 is 0 Å². The van der Waals surface area contributed by atoms with Crippen LogP contribution in [0.2, 0.25) is 5.02 Å². The molecule has 0 spiro atoms. The fraction of sp³-hybridized carbons (Fsp3) is 0.667. The number of hydrogen-bond donors (Lipinski definition) is 0. The number of alkyl halides is 1. The highest BCUT2D eigenvalue weighted by Crippen LogP contribution is 2.47. The van der Waals surface area contributed by atoms with Crippen molar-refractivity contribution in [1.29, 1.82) is 0 Å². The molecular weight excluding hydrogens is 287 g/mol. The molecule has 1 aliphatic carbocycles. The first-order valence-electron chi connectivity index (χ1n) is 7.65. The first kappa shape index (κ1) is 16.2. The lowest BCUT2D eigenvalue weighted by atomic mass is 9.63. The minimum atomic E-state index is 0.289. The van der Waals surface area contributed by atoms with Crippen molar-refractivity contribution in [2.24, 2.45) is 16.7 Å². The fourth-order valence-corrected chi connectivity index (χ4v) is 3.98. The summed E-state index contributed by atoms with van der Waals surface area (Å²) in [6, 6.07) is 8.26. The molecule has 1 aliphatic rings. The van der Waals surface area contributed by atoms with E-state index < -0.39 is 0 Å². The highest BCUT2D eigenvalue weighted by atomic mass is 35.5. The zero-order chi connectivity index (χ0) is 14.8. The van der Waals surface area contributed by atoms with E-state index in [1.165, 1.54) is 31.2 Å². The minimum absolute atomic E-state index is 0.289. The molecule has 0 N–H and O–H groups in total. The molecule has 1 saturated carbocycles. The van der Waals surface area contributed by atoms with Crippen molar-refractivity contribution in [1.82, 2.24) is 0 Å². The molecule has 0 unspecified atom stereocenters. The molecule has 1 aromatic carbocycles. The summed E-state index contributed by atoms with van der Waals surface area (Å²) in [6.07, 6.45) is 6.21. The Morgan fingerprint density at radius 3 is 2.10 bits per heavy atom. The Morgan fingerprint density at radius 2 is 1.65 bits per heavy atom. The van der Waals surface area contributed by atoms with Crippen molar-refractivity contribution < 1.29 is 0 Å². The Morgan fingerprint density at radius 1 is 1.10 bits per heavy atom. The van der Waals surface area contributed by atoms with Gasteiger partial charge in [0.2, 0.25) is 0 Å². The highest BCUT2D eigenvalue weighted by molar-refractivity contribution is 6.30. The standard InChI is InChI=1S/C18H26Cl2/c1-17(2,3)15-8-10-18(13-19,11-9-15)12-14-4-6-16(20)7-5-14/h4-7,15H,8-13H2,1-3H3. The number of rotatable bonds is 3. The summed E-state index contributed by atoms with van der Waals surface area (Å²) in [5.41, 5.74) is 2.08. The third-order valence-corrected chi connectivity index (χ3v) is 5.87. The van der Waals surface area contributed by atoms with Crippen molar-refractivity contribution in [2.45, 2.75) is 52.9 Å². The number of benzene rings is 1. The van der Waals surface area contributed by atoms with Gasteiger partial charge in [0.05, 0.1) is 0 Å². The van der Waals surface area contributed by atoms with Gasteiger partial charge in [-0.2, -0.15) is 0 Å². The fourth-order valence-electron chi connectivity index (χ4n) is 3.49. The lowest BCUT2D eigenvalue weighted by Gasteiger charge is -2.43. The Hall–Kier alpha value is -0.200. The molecule has 0 heterocycles. The van der Waals surface area contributed by atoms with Crippen LogP contribution in [0.25, 0.3) is 0 Å². The van der Waals surface area contributed by atoms with Crippen molar-refractivity contribution in [2.75, 3.05) is 5.88 Å². The van der Waals surface area contributed by atoms with Gasteiger partial charge >= 0.3 is 0 Å². The Balaban J connectivity index is 2.03. The molecule has 2 rings (SSSR count). The second-order valence-electron chi connectivity index (χ2n) is 7.58. The molecule has 112 valence electrons. The molecule has 0 nitrogen and oxygen atoms in total. The van der Waals surface area contributed by atoms with Gasteiger partial charge in [-0.3, -0.25) is 0 Å². The normalized spacial score (nSPS) is 27.6. The van der Waals surface area contributed by atoms with E-state index in [2.05, 4.69) is 32.9 Å². The minimum Gasteiger partial charge on any atom is -0.126 e. The smallest absolute Gasteiger partial charge is 0.0406 e. The lowest BCUT2D eigenvalue weighted by Crippen LogP contribution is -2.35. The van der Waals surface area contributed by atoms with E-state index in [1.807, 2.05) is 12.1 Å². The lowest BCUT2D eigenvalue weighted by molar-refractivity contribution is 0.102. The SMILES string of the molecule is CC(C)(C)C1CCC(CCl)(Cc2ccc(Cl)cc2)CC1. The average molecular weight is 313 g/mol. The van der Waals surface area contributed by atoms with Crippen LogP contribution >= 0.6 is 23.2 Å². The summed E-state index contributed by atoms with van der Waals surface area (Å²) in [4.78, 5) is 0. The van der Waals surface area contributed by atoms with Gasteiger partial charge in [0.25, 0.3) is 0 Å². The van der Waals surface area contributed by atoms with Crippen molar-refractivity contribution in [3.63, 3.8) is 0 Å². The molecule has 0 amide bonds. The van der Waals surface area contributed by atoms with E-state index in [9.17, 15) is 0 Å². The predicted molar refractivity (Wildman–Crippen MR) is 89.7 cm³/mol. The van der Waals surface area contributed by atoms with Gasteiger partial charge in [0, 0.05) is 10.9 Å². The van der Waals surface area contributed by atoms with Crippen molar-refractivity contribution in [3.8, 4) is 0 Å². The predicted octanol–water partition coefficient (Wildman–Crippen LogP) is 6.34. The van der Waals surface area contributed by atoms with Crippen LogP contribution in [0.5, 0.6) is 0 Å². The number of halogens is 2. The molecule has 20 heavy (non-hydrogen) atoms. The van der Waals surface area contributed by atoms with Crippen LogP contribution in [0.3, 0.4) is 0 Å². The van der Waals surface area contributed by atoms with Crippen LogP contribution in [0, 0.1) is 16.7 Å². The van der Waals surface area contributed by atoms with E-state index >= 15 is 0 Å². The maximum atomic E-state index is 6.35. The maximum Gasteiger partial charge on any atom is 0.0406 e. The first-order valence-corrected chi connectivity index (χ1v) is 8.56. The van der Waals surface area contributed by atoms with E-state index in [0.717, 1.165) is 23.2 Å². The zero-order valence-corrected chi connectivity index (χ0v) is 14.4. The summed E-state index contributed by atoms with van der Waals surface area (Å²) in [6.45, 7) is 7.10. The Kier molecular flexibility index (Phi) is 5.08.